The Hall–Kier alpha value is -1.47. The summed E-state index contributed by atoms with van der Waals surface area (Å²) in [5.41, 5.74) is 0. The summed E-state index contributed by atoms with van der Waals surface area (Å²) >= 11 is 0. The van der Waals surface area contributed by atoms with Crippen molar-refractivity contribution in [2.24, 2.45) is 0 Å². The first-order valence-corrected chi connectivity index (χ1v) is 8.24. The van der Waals surface area contributed by atoms with Crippen LogP contribution in [0.4, 0.5) is 0 Å². The van der Waals surface area contributed by atoms with Crippen molar-refractivity contribution in [3.63, 3.8) is 0 Å². The first-order chi connectivity index (χ1) is 11.0. The van der Waals surface area contributed by atoms with Crippen LogP contribution in [0.25, 0.3) is 0 Å². The van der Waals surface area contributed by atoms with E-state index in [9.17, 15) is 19.5 Å². The molecule has 1 fully saturated rings. The zero-order valence-electron chi connectivity index (χ0n) is 13.5. The maximum atomic E-state index is 11.8. The summed E-state index contributed by atoms with van der Waals surface area (Å²) in [5, 5.41) is 18.4. The molecular formula is C16H26O7. The normalized spacial score (nSPS) is 22.0. The lowest BCUT2D eigenvalue weighted by Crippen LogP contribution is -2.41. The van der Waals surface area contributed by atoms with Gasteiger partial charge < -0.3 is 19.7 Å². The van der Waals surface area contributed by atoms with Gasteiger partial charge in [-0.05, 0) is 6.42 Å². The fourth-order valence-corrected chi connectivity index (χ4v) is 2.44. The second-order valence-corrected chi connectivity index (χ2v) is 5.77. The Labute approximate surface area is 136 Å². The van der Waals surface area contributed by atoms with Crippen LogP contribution in [-0.4, -0.2) is 52.9 Å². The van der Waals surface area contributed by atoms with E-state index < -0.39 is 42.6 Å². The molecule has 1 saturated heterocycles. The van der Waals surface area contributed by atoms with Crippen molar-refractivity contribution >= 4 is 17.7 Å². The predicted molar refractivity (Wildman–Crippen MR) is 80.5 cm³/mol. The zero-order valence-corrected chi connectivity index (χ0v) is 13.5. The predicted octanol–water partition coefficient (Wildman–Crippen LogP) is 0.887. The van der Waals surface area contributed by atoms with E-state index in [0.717, 1.165) is 19.3 Å². The monoisotopic (exact) mass is 330 g/mol. The molecule has 0 radical (unpaired) electrons. The maximum absolute atomic E-state index is 11.8. The highest BCUT2D eigenvalue weighted by atomic mass is 16.6. The molecule has 0 amide bonds. The molecule has 132 valence electrons. The van der Waals surface area contributed by atoms with Gasteiger partial charge in [-0.3, -0.25) is 9.59 Å². The van der Waals surface area contributed by atoms with Crippen LogP contribution in [0.3, 0.4) is 0 Å². The molecule has 0 aromatic rings. The summed E-state index contributed by atoms with van der Waals surface area (Å²) in [5.74, 6) is -2.77. The van der Waals surface area contributed by atoms with E-state index in [1.54, 1.807) is 0 Å². The molecule has 0 aromatic carbocycles. The number of carbonyl (C=O) groups is 3. The number of carbonyl (C=O) groups excluding carboxylic acids is 3. The van der Waals surface area contributed by atoms with Gasteiger partial charge in [0.1, 0.15) is 6.10 Å². The molecule has 1 aliphatic rings. The molecule has 0 saturated carbocycles. The largest absolute Gasteiger partial charge is 0.450 e. The van der Waals surface area contributed by atoms with E-state index in [-0.39, 0.29) is 6.42 Å². The van der Waals surface area contributed by atoms with Crippen LogP contribution in [0.15, 0.2) is 0 Å². The molecule has 23 heavy (non-hydrogen) atoms. The van der Waals surface area contributed by atoms with Crippen molar-refractivity contribution in [3.8, 4) is 0 Å². The fraction of sp³-hybridized carbons (Fsp3) is 0.812. The van der Waals surface area contributed by atoms with Crippen LogP contribution in [0.2, 0.25) is 0 Å². The van der Waals surface area contributed by atoms with Gasteiger partial charge >= 0.3 is 11.9 Å². The van der Waals surface area contributed by atoms with Gasteiger partial charge in [0.2, 0.25) is 6.10 Å². The van der Waals surface area contributed by atoms with Crippen LogP contribution in [0.5, 0.6) is 0 Å². The molecule has 7 nitrogen and oxygen atoms in total. The van der Waals surface area contributed by atoms with Gasteiger partial charge in [0.25, 0.3) is 5.78 Å². The molecule has 1 aliphatic heterocycles. The second-order valence-electron chi connectivity index (χ2n) is 5.77. The third kappa shape index (κ3) is 6.27. The number of aliphatic hydroxyl groups is 2. The second kappa shape index (κ2) is 10.3. The number of esters is 2. The number of Topliss-reactive ketones (excluding diaryl/α,β-unsaturated/α-hetero) is 1. The standard InChI is InChI=1S/C16H26O7/c1-2-3-4-5-6-7-8-9-12(19)22-15-13(20)16(21)23-14(15)11(18)10-17/h11,14-15,17-18H,2-10H2,1H3/t11-,14+,15?/m0/s1. The smallest absolute Gasteiger partial charge is 0.379 e. The van der Waals surface area contributed by atoms with Gasteiger partial charge in [0.15, 0.2) is 6.10 Å². The Morgan fingerprint density at radius 1 is 1.17 bits per heavy atom. The summed E-state index contributed by atoms with van der Waals surface area (Å²) in [4.78, 5) is 34.6. The van der Waals surface area contributed by atoms with E-state index in [2.05, 4.69) is 11.7 Å². The summed E-state index contributed by atoms with van der Waals surface area (Å²) in [6.07, 6.45) is 3.20. The summed E-state index contributed by atoms with van der Waals surface area (Å²) in [6, 6.07) is 0. The number of hydrogen-bond donors (Lipinski definition) is 2. The van der Waals surface area contributed by atoms with Crippen molar-refractivity contribution in [1.82, 2.24) is 0 Å². The summed E-state index contributed by atoms with van der Waals surface area (Å²) in [6.45, 7) is 1.45. The lowest BCUT2D eigenvalue weighted by molar-refractivity contribution is -0.160. The molecule has 0 bridgehead atoms. The van der Waals surface area contributed by atoms with Crippen molar-refractivity contribution in [3.05, 3.63) is 0 Å². The number of ketones is 1. The van der Waals surface area contributed by atoms with E-state index in [1.165, 1.54) is 19.3 Å². The quantitative estimate of drug-likeness (QED) is 0.329. The van der Waals surface area contributed by atoms with E-state index >= 15 is 0 Å². The van der Waals surface area contributed by atoms with Crippen LogP contribution >= 0.6 is 0 Å². The molecule has 0 aromatic heterocycles. The van der Waals surface area contributed by atoms with E-state index in [4.69, 9.17) is 9.84 Å². The van der Waals surface area contributed by atoms with Crippen molar-refractivity contribution < 1.29 is 34.1 Å². The number of cyclic esters (lactones) is 1. The number of hydrogen-bond acceptors (Lipinski definition) is 7. The van der Waals surface area contributed by atoms with E-state index in [1.807, 2.05) is 0 Å². The Morgan fingerprint density at radius 3 is 2.39 bits per heavy atom. The molecular weight excluding hydrogens is 304 g/mol. The highest BCUT2D eigenvalue weighted by Crippen LogP contribution is 2.20. The fourth-order valence-electron chi connectivity index (χ4n) is 2.44. The molecule has 2 N–H and O–H groups in total. The van der Waals surface area contributed by atoms with Crippen molar-refractivity contribution in [2.45, 2.75) is 76.6 Å². The number of unbranched alkanes of at least 4 members (excludes halogenated alkanes) is 6. The molecule has 1 rings (SSSR count). The first-order valence-electron chi connectivity index (χ1n) is 8.24. The average Bonchev–Trinajstić information content (AvgIpc) is 2.81. The van der Waals surface area contributed by atoms with Crippen LogP contribution in [0, 0.1) is 0 Å². The first kappa shape index (κ1) is 19.6. The molecule has 3 atom stereocenters. The average molecular weight is 330 g/mol. The maximum Gasteiger partial charge on any atom is 0.379 e. The zero-order chi connectivity index (χ0) is 17.2. The van der Waals surface area contributed by atoms with Crippen LogP contribution in [0.1, 0.15) is 58.3 Å². The highest BCUT2D eigenvalue weighted by Gasteiger charge is 2.49. The van der Waals surface area contributed by atoms with Gasteiger partial charge in [-0.1, -0.05) is 45.4 Å². The number of aliphatic hydroxyl groups excluding tert-OH is 2. The molecule has 1 heterocycles. The Balaban J connectivity index is 2.31. The lowest BCUT2D eigenvalue weighted by Gasteiger charge is -2.20. The van der Waals surface area contributed by atoms with Crippen molar-refractivity contribution in [1.29, 1.82) is 0 Å². The minimum Gasteiger partial charge on any atom is -0.450 e. The molecule has 1 unspecified atom stereocenters. The molecule has 0 aliphatic carbocycles. The minimum absolute atomic E-state index is 0.147. The third-order valence-corrected chi connectivity index (χ3v) is 3.81. The Morgan fingerprint density at radius 2 is 1.78 bits per heavy atom. The van der Waals surface area contributed by atoms with Gasteiger partial charge in [-0.2, -0.15) is 0 Å². The van der Waals surface area contributed by atoms with Gasteiger partial charge in [0.05, 0.1) is 6.61 Å². The number of rotatable bonds is 11. The highest BCUT2D eigenvalue weighted by molar-refractivity contribution is 6.37. The van der Waals surface area contributed by atoms with Crippen LogP contribution in [-0.2, 0) is 23.9 Å². The topological polar surface area (TPSA) is 110 Å². The molecule has 0 spiro atoms. The number of ether oxygens (including phenoxy) is 2. The van der Waals surface area contributed by atoms with Gasteiger partial charge in [-0.15, -0.1) is 0 Å². The van der Waals surface area contributed by atoms with Gasteiger partial charge in [0, 0.05) is 6.42 Å². The lowest BCUT2D eigenvalue weighted by atomic mass is 10.1. The van der Waals surface area contributed by atoms with Crippen molar-refractivity contribution in [2.75, 3.05) is 6.61 Å². The SMILES string of the molecule is CCCCCCCCCC(=O)OC1C(=O)C(=O)O[C@@H]1[C@@H](O)CO. The Kier molecular flexibility index (Phi) is 8.79. The summed E-state index contributed by atoms with van der Waals surface area (Å²) in [7, 11) is 0. The minimum atomic E-state index is -1.47. The van der Waals surface area contributed by atoms with E-state index in [0.29, 0.717) is 6.42 Å². The molecule has 7 heteroatoms. The summed E-state index contributed by atoms with van der Waals surface area (Å²) < 4.78 is 9.61. The van der Waals surface area contributed by atoms with Gasteiger partial charge in [-0.25, -0.2) is 4.79 Å². The van der Waals surface area contributed by atoms with Crippen LogP contribution < -0.4 is 0 Å². The Bertz CT molecular complexity index is 407. The third-order valence-electron chi connectivity index (χ3n) is 3.81.